The number of hydrogen-bond donors (Lipinski definition) is 1. The molecule has 2 aromatic heterocycles. The van der Waals surface area contributed by atoms with E-state index in [2.05, 4.69) is 15.0 Å². The van der Waals surface area contributed by atoms with Crippen LogP contribution in [-0.4, -0.2) is 15.0 Å². The van der Waals surface area contributed by atoms with E-state index >= 15 is 0 Å². The lowest BCUT2D eigenvalue weighted by Crippen LogP contribution is -1.91. The minimum atomic E-state index is 0.526. The monoisotopic (exact) mass is 192 g/mol. The first-order valence-corrected chi connectivity index (χ1v) is 4.63. The zero-order valence-corrected chi connectivity index (χ0v) is 7.66. The van der Waals surface area contributed by atoms with Crippen LogP contribution in [0.2, 0.25) is 0 Å². The molecule has 0 aliphatic carbocycles. The fourth-order valence-corrected chi connectivity index (χ4v) is 1.68. The normalized spacial score (nSPS) is 10.2. The molecular formula is C8H8N4S. The van der Waals surface area contributed by atoms with Gasteiger partial charge in [-0.1, -0.05) is 0 Å². The lowest BCUT2D eigenvalue weighted by atomic mass is 10.5. The van der Waals surface area contributed by atoms with Crippen molar-refractivity contribution in [3.8, 4) is 10.7 Å². The molecule has 13 heavy (non-hydrogen) atoms. The van der Waals surface area contributed by atoms with E-state index in [1.165, 1.54) is 0 Å². The summed E-state index contributed by atoms with van der Waals surface area (Å²) in [5.41, 5.74) is 6.27. The first kappa shape index (κ1) is 8.28. The van der Waals surface area contributed by atoms with Crippen molar-refractivity contribution in [2.75, 3.05) is 0 Å². The molecule has 5 heteroatoms. The summed E-state index contributed by atoms with van der Waals surface area (Å²) in [6.45, 7) is 0.526. The van der Waals surface area contributed by atoms with Gasteiger partial charge in [-0.3, -0.25) is 9.97 Å². The maximum atomic E-state index is 5.48. The molecule has 0 saturated heterocycles. The molecule has 0 aliphatic rings. The largest absolute Gasteiger partial charge is 0.326 e. The molecule has 0 amide bonds. The van der Waals surface area contributed by atoms with Crippen LogP contribution < -0.4 is 5.73 Å². The molecule has 0 atom stereocenters. The fraction of sp³-hybridized carbons (Fsp3) is 0.125. The molecule has 0 bridgehead atoms. The molecule has 0 unspecified atom stereocenters. The number of thiazole rings is 1. The SMILES string of the molecule is NCc1cnc(-c2cnccn2)s1. The Labute approximate surface area is 79.5 Å². The molecule has 0 radical (unpaired) electrons. The van der Waals surface area contributed by atoms with Gasteiger partial charge in [0.2, 0.25) is 0 Å². The highest BCUT2D eigenvalue weighted by molar-refractivity contribution is 7.14. The van der Waals surface area contributed by atoms with Crippen LogP contribution in [0.4, 0.5) is 0 Å². The van der Waals surface area contributed by atoms with E-state index in [0.29, 0.717) is 6.54 Å². The Hall–Kier alpha value is -1.33. The maximum absolute atomic E-state index is 5.48. The average molecular weight is 192 g/mol. The van der Waals surface area contributed by atoms with E-state index in [9.17, 15) is 0 Å². The molecule has 4 nitrogen and oxygen atoms in total. The second-order valence-electron chi connectivity index (χ2n) is 2.43. The first-order valence-electron chi connectivity index (χ1n) is 3.81. The molecule has 2 heterocycles. The van der Waals surface area contributed by atoms with Crippen molar-refractivity contribution in [1.82, 2.24) is 15.0 Å². The third-order valence-electron chi connectivity index (χ3n) is 1.54. The van der Waals surface area contributed by atoms with Crippen LogP contribution in [0.5, 0.6) is 0 Å². The second kappa shape index (κ2) is 3.59. The molecular weight excluding hydrogens is 184 g/mol. The summed E-state index contributed by atoms with van der Waals surface area (Å²) < 4.78 is 0. The highest BCUT2D eigenvalue weighted by atomic mass is 32.1. The summed E-state index contributed by atoms with van der Waals surface area (Å²) in [4.78, 5) is 13.4. The van der Waals surface area contributed by atoms with Crippen LogP contribution in [0, 0.1) is 0 Å². The van der Waals surface area contributed by atoms with E-state index in [1.807, 2.05) is 0 Å². The maximum Gasteiger partial charge on any atom is 0.143 e. The van der Waals surface area contributed by atoms with Crippen molar-refractivity contribution >= 4 is 11.3 Å². The van der Waals surface area contributed by atoms with Crippen molar-refractivity contribution in [2.45, 2.75) is 6.54 Å². The molecule has 0 aliphatic heterocycles. The van der Waals surface area contributed by atoms with Crippen molar-refractivity contribution in [3.63, 3.8) is 0 Å². The van der Waals surface area contributed by atoms with Crippen LogP contribution in [0.3, 0.4) is 0 Å². The highest BCUT2D eigenvalue weighted by Gasteiger charge is 2.03. The standard InChI is InChI=1S/C8H8N4S/c9-3-6-4-12-8(13-6)7-5-10-1-2-11-7/h1-2,4-5H,3,9H2. The van der Waals surface area contributed by atoms with Crippen molar-refractivity contribution in [3.05, 3.63) is 29.7 Å². The molecule has 66 valence electrons. The Morgan fingerprint density at radius 1 is 1.23 bits per heavy atom. The number of aromatic nitrogens is 3. The summed E-state index contributed by atoms with van der Waals surface area (Å²) in [6, 6.07) is 0. The zero-order valence-electron chi connectivity index (χ0n) is 6.84. The Kier molecular flexibility index (Phi) is 2.29. The fourth-order valence-electron chi connectivity index (χ4n) is 0.930. The van der Waals surface area contributed by atoms with Gasteiger partial charge < -0.3 is 5.73 Å². The van der Waals surface area contributed by atoms with E-state index in [0.717, 1.165) is 15.6 Å². The molecule has 0 spiro atoms. The van der Waals surface area contributed by atoms with Gasteiger partial charge in [0.1, 0.15) is 10.7 Å². The van der Waals surface area contributed by atoms with Crippen LogP contribution in [-0.2, 0) is 6.54 Å². The molecule has 0 fully saturated rings. The van der Waals surface area contributed by atoms with E-state index in [-0.39, 0.29) is 0 Å². The third kappa shape index (κ3) is 1.71. The first-order chi connectivity index (χ1) is 6.40. The number of rotatable bonds is 2. The quantitative estimate of drug-likeness (QED) is 0.772. The lowest BCUT2D eigenvalue weighted by molar-refractivity contribution is 1.10. The summed E-state index contributed by atoms with van der Waals surface area (Å²) in [5, 5.41) is 0.869. The van der Waals surface area contributed by atoms with Crippen LogP contribution >= 0.6 is 11.3 Å². The Morgan fingerprint density at radius 2 is 2.15 bits per heavy atom. The Balaban J connectivity index is 2.36. The van der Waals surface area contributed by atoms with Crippen molar-refractivity contribution < 1.29 is 0 Å². The van der Waals surface area contributed by atoms with Gasteiger partial charge >= 0.3 is 0 Å². The minimum Gasteiger partial charge on any atom is -0.326 e. The van der Waals surface area contributed by atoms with Crippen LogP contribution in [0.25, 0.3) is 10.7 Å². The van der Waals surface area contributed by atoms with E-state index in [1.54, 1.807) is 36.1 Å². The van der Waals surface area contributed by atoms with Gasteiger partial charge in [-0.2, -0.15) is 0 Å². The second-order valence-corrected chi connectivity index (χ2v) is 3.54. The van der Waals surface area contributed by atoms with Crippen molar-refractivity contribution in [2.24, 2.45) is 5.73 Å². The molecule has 0 aromatic carbocycles. The number of nitrogens with zero attached hydrogens (tertiary/aromatic N) is 3. The van der Waals surface area contributed by atoms with Crippen LogP contribution in [0.15, 0.2) is 24.8 Å². The van der Waals surface area contributed by atoms with Gasteiger partial charge in [-0.25, -0.2) is 4.98 Å². The number of nitrogens with two attached hydrogens (primary N) is 1. The van der Waals surface area contributed by atoms with Gasteiger partial charge in [0.25, 0.3) is 0 Å². The van der Waals surface area contributed by atoms with Gasteiger partial charge in [0, 0.05) is 30.0 Å². The van der Waals surface area contributed by atoms with Gasteiger partial charge in [0.15, 0.2) is 0 Å². The summed E-state index contributed by atoms with van der Waals surface area (Å²) >= 11 is 1.55. The lowest BCUT2D eigenvalue weighted by Gasteiger charge is -1.90. The van der Waals surface area contributed by atoms with Crippen molar-refractivity contribution in [1.29, 1.82) is 0 Å². The summed E-state index contributed by atoms with van der Waals surface area (Å²) in [5.74, 6) is 0. The Morgan fingerprint density at radius 3 is 2.77 bits per heavy atom. The van der Waals surface area contributed by atoms with Gasteiger partial charge in [-0.15, -0.1) is 11.3 Å². The topological polar surface area (TPSA) is 64.7 Å². The highest BCUT2D eigenvalue weighted by Crippen LogP contribution is 2.21. The minimum absolute atomic E-state index is 0.526. The summed E-state index contributed by atoms with van der Waals surface area (Å²) in [7, 11) is 0. The average Bonchev–Trinajstić information content (AvgIpc) is 2.67. The molecule has 2 aromatic rings. The van der Waals surface area contributed by atoms with Gasteiger partial charge in [-0.05, 0) is 0 Å². The number of hydrogen-bond acceptors (Lipinski definition) is 5. The third-order valence-corrected chi connectivity index (χ3v) is 2.58. The predicted molar refractivity (Wildman–Crippen MR) is 51.0 cm³/mol. The molecule has 2 rings (SSSR count). The van der Waals surface area contributed by atoms with Gasteiger partial charge in [0.05, 0.1) is 6.20 Å². The van der Waals surface area contributed by atoms with Crippen LogP contribution in [0.1, 0.15) is 4.88 Å². The van der Waals surface area contributed by atoms with E-state index in [4.69, 9.17) is 5.73 Å². The molecule has 2 N–H and O–H groups in total. The van der Waals surface area contributed by atoms with E-state index < -0.39 is 0 Å². The summed E-state index contributed by atoms with van der Waals surface area (Å²) in [6.07, 6.45) is 6.76. The Bertz CT molecular complexity index is 384. The zero-order chi connectivity index (χ0) is 9.10. The molecule has 0 saturated carbocycles. The smallest absolute Gasteiger partial charge is 0.143 e. The predicted octanol–water partition coefficient (Wildman–Crippen LogP) is 1.06.